The molecule has 3 aliphatic rings. The summed E-state index contributed by atoms with van der Waals surface area (Å²) in [6, 6.07) is 24.6. The van der Waals surface area contributed by atoms with Crippen LogP contribution in [0, 0.1) is 5.92 Å². The number of rotatable bonds is 3. The largest absolute Gasteiger partial charge is 0.508 e. The highest BCUT2D eigenvalue weighted by Crippen LogP contribution is 2.61. The van der Waals surface area contributed by atoms with Crippen LogP contribution in [0.25, 0.3) is 5.57 Å². The third-order valence-electron chi connectivity index (χ3n) is 9.06. The summed E-state index contributed by atoms with van der Waals surface area (Å²) >= 11 is 0. The third-order valence-corrected chi connectivity index (χ3v) is 9.06. The summed E-state index contributed by atoms with van der Waals surface area (Å²) < 4.78 is 3.94. The van der Waals surface area contributed by atoms with E-state index in [1.807, 2.05) is 66.7 Å². The molecule has 3 aromatic carbocycles. The first-order valence-electron chi connectivity index (χ1n) is 13.6. The molecule has 8 heteroatoms. The average molecular weight is 546 g/mol. The zero-order chi connectivity index (χ0) is 28.5. The number of nitrogens with zero attached hydrogens (tertiary/aromatic N) is 3. The molecule has 0 amide bonds. The molecule has 2 aliphatic carbocycles. The minimum atomic E-state index is -1.29. The van der Waals surface area contributed by atoms with Gasteiger partial charge in [0.15, 0.2) is 11.6 Å². The van der Waals surface area contributed by atoms with Crippen LogP contribution in [0.2, 0.25) is 0 Å². The van der Waals surface area contributed by atoms with Crippen molar-refractivity contribution in [1.29, 1.82) is 0 Å². The Hall–Kier alpha value is -4.98. The van der Waals surface area contributed by atoms with Crippen LogP contribution in [0.5, 0.6) is 5.75 Å². The number of phenols is 1. The van der Waals surface area contributed by atoms with E-state index < -0.39 is 34.7 Å². The second kappa shape index (κ2) is 9.02. The topological polar surface area (TPSA) is 103 Å². The van der Waals surface area contributed by atoms with Crippen molar-refractivity contribution in [2.45, 2.75) is 30.3 Å². The molecular formula is C33H27N3O5. The van der Waals surface area contributed by atoms with Gasteiger partial charge in [-0.1, -0.05) is 78.9 Å². The van der Waals surface area contributed by atoms with Crippen molar-refractivity contribution in [3.8, 4) is 5.75 Å². The molecule has 0 saturated heterocycles. The zero-order valence-electron chi connectivity index (χ0n) is 22.3. The maximum absolute atomic E-state index is 14.7. The number of carbonyl (C=O) groups is 2. The van der Waals surface area contributed by atoms with E-state index in [1.165, 1.54) is 22.5 Å². The van der Waals surface area contributed by atoms with Gasteiger partial charge < -0.3 is 5.11 Å². The Kier molecular flexibility index (Phi) is 5.51. The molecule has 1 saturated carbocycles. The minimum absolute atomic E-state index is 0.0782. The maximum Gasteiger partial charge on any atom is 0.347 e. The molecule has 1 N–H and O–H groups in total. The lowest BCUT2D eigenvalue weighted by atomic mass is 9.47. The highest BCUT2D eigenvalue weighted by Gasteiger charge is 2.63. The standard InChI is InChI=1S/C33H27N3O5/c1-34-31(40)35-17-16-24-27(36(35)32(34)41)19-26-30(39)25(20-8-4-2-5-9-20)18-28(38)33(26,22-10-6-3-7-11-22)29(24)21-12-14-23(37)15-13-21/h2-16,18,26-27,29,37H,17,19H2,1H3/t26-,27+,29-,33-/m0/s1. The number of Topliss-reactive ketones (excluding diaryl/α,β-unsaturated/α-hetero) is 1. The van der Waals surface area contributed by atoms with Gasteiger partial charge in [-0.3, -0.25) is 9.59 Å². The lowest BCUT2D eigenvalue weighted by Gasteiger charge is -2.54. The van der Waals surface area contributed by atoms with Gasteiger partial charge in [0.05, 0.1) is 18.0 Å². The van der Waals surface area contributed by atoms with Crippen molar-refractivity contribution in [2.75, 3.05) is 0 Å². The van der Waals surface area contributed by atoms with Crippen molar-refractivity contribution >= 4 is 17.1 Å². The summed E-state index contributed by atoms with van der Waals surface area (Å²) in [4.78, 5) is 55.7. The first-order valence-corrected chi connectivity index (χ1v) is 13.6. The maximum atomic E-state index is 14.7. The highest BCUT2D eigenvalue weighted by molar-refractivity contribution is 6.31. The summed E-state index contributed by atoms with van der Waals surface area (Å²) in [7, 11) is 1.45. The van der Waals surface area contributed by atoms with Crippen molar-refractivity contribution in [3.63, 3.8) is 0 Å². The second-order valence-corrected chi connectivity index (χ2v) is 11.0. The lowest BCUT2D eigenvalue weighted by Crippen LogP contribution is -2.58. The van der Waals surface area contributed by atoms with Gasteiger partial charge in [0.25, 0.3) is 0 Å². The van der Waals surface area contributed by atoms with E-state index >= 15 is 0 Å². The van der Waals surface area contributed by atoms with Crippen molar-refractivity contribution < 1.29 is 14.7 Å². The molecule has 1 aliphatic heterocycles. The van der Waals surface area contributed by atoms with Crippen LogP contribution >= 0.6 is 0 Å². The van der Waals surface area contributed by atoms with Crippen molar-refractivity contribution in [1.82, 2.24) is 13.9 Å². The number of phenolic OH excluding ortho intramolecular Hbond substituents is 1. The molecule has 1 aromatic heterocycles. The van der Waals surface area contributed by atoms with E-state index in [1.54, 1.807) is 24.3 Å². The smallest absolute Gasteiger partial charge is 0.347 e. The predicted octanol–water partition coefficient (Wildman–Crippen LogP) is 3.51. The third kappa shape index (κ3) is 3.40. The van der Waals surface area contributed by atoms with Gasteiger partial charge in [0.2, 0.25) is 0 Å². The predicted molar refractivity (Wildman–Crippen MR) is 153 cm³/mol. The Labute approximate surface area is 235 Å². The summed E-state index contributed by atoms with van der Waals surface area (Å²) in [6.07, 6.45) is 3.59. The quantitative estimate of drug-likeness (QED) is 0.397. The van der Waals surface area contributed by atoms with Crippen molar-refractivity contribution in [2.24, 2.45) is 13.0 Å². The van der Waals surface area contributed by atoms with Gasteiger partial charge in [-0.25, -0.2) is 23.5 Å². The summed E-state index contributed by atoms with van der Waals surface area (Å²) in [6.45, 7) is 0.165. The van der Waals surface area contributed by atoms with Crippen LogP contribution < -0.4 is 11.4 Å². The number of carbonyl (C=O) groups excluding carboxylic acids is 2. The summed E-state index contributed by atoms with van der Waals surface area (Å²) in [5.74, 6) is -1.74. The first kappa shape index (κ1) is 25.0. The Morgan fingerprint density at radius 1 is 0.829 bits per heavy atom. The van der Waals surface area contributed by atoms with E-state index in [-0.39, 0.29) is 30.3 Å². The van der Waals surface area contributed by atoms with Crippen LogP contribution in [0.4, 0.5) is 0 Å². The van der Waals surface area contributed by atoms with E-state index in [0.29, 0.717) is 16.7 Å². The number of aromatic hydroxyl groups is 1. The molecule has 1 fully saturated rings. The van der Waals surface area contributed by atoms with Gasteiger partial charge in [-0.15, -0.1) is 0 Å². The fraction of sp³-hybridized carbons (Fsp3) is 0.212. The van der Waals surface area contributed by atoms with Crippen LogP contribution in [0.15, 0.2) is 112 Å². The molecule has 204 valence electrons. The van der Waals surface area contributed by atoms with Gasteiger partial charge in [-0.05, 0) is 46.9 Å². The Morgan fingerprint density at radius 3 is 2.17 bits per heavy atom. The Balaban J connectivity index is 1.56. The van der Waals surface area contributed by atoms with Crippen molar-refractivity contribution in [3.05, 3.63) is 140 Å². The monoisotopic (exact) mass is 545 g/mol. The number of hydrogen-bond donors (Lipinski definition) is 1. The molecular weight excluding hydrogens is 518 g/mol. The lowest BCUT2D eigenvalue weighted by molar-refractivity contribution is -0.133. The second-order valence-electron chi connectivity index (χ2n) is 11.0. The molecule has 0 bridgehead atoms. The summed E-state index contributed by atoms with van der Waals surface area (Å²) in [5.41, 5.74) is 1.08. The number of allylic oxidation sites excluding steroid dienone is 4. The van der Waals surface area contributed by atoms with E-state index in [2.05, 4.69) is 0 Å². The fourth-order valence-electron chi connectivity index (χ4n) is 7.29. The van der Waals surface area contributed by atoms with Crippen LogP contribution in [0.3, 0.4) is 0 Å². The van der Waals surface area contributed by atoms with Gasteiger partial charge in [0.1, 0.15) is 5.75 Å². The number of hydrogen-bond acceptors (Lipinski definition) is 5. The molecule has 0 radical (unpaired) electrons. The molecule has 4 aromatic rings. The van der Waals surface area contributed by atoms with E-state index in [0.717, 1.165) is 15.7 Å². The normalized spacial score (nSPS) is 25.0. The number of ketones is 2. The van der Waals surface area contributed by atoms with Gasteiger partial charge in [0, 0.05) is 24.5 Å². The molecule has 0 spiro atoms. The SMILES string of the molecule is Cn1c(=O)n2n(c1=O)[C@@H]1C[C@H]3C(=O)C(c4ccccc4)=CC(=O)[C@@]3(c3ccccc3)[C@@H](c3ccc(O)cc3)C1=CC2. The zero-order valence-corrected chi connectivity index (χ0v) is 22.3. The molecule has 2 heterocycles. The van der Waals surface area contributed by atoms with Crippen LogP contribution in [-0.4, -0.2) is 30.6 Å². The Bertz CT molecular complexity index is 1890. The van der Waals surface area contributed by atoms with Crippen LogP contribution in [-0.2, 0) is 28.6 Å². The molecule has 8 nitrogen and oxygen atoms in total. The van der Waals surface area contributed by atoms with E-state index in [4.69, 9.17) is 0 Å². The number of aromatic nitrogens is 3. The fourth-order valence-corrected chi connectivity index (χ4v) is 7.29. The van der Waals surface area contributed by atoms with Gasteiger partial charge >= 0.3 is 11.4 Å². The number of benzene rings is 3. The molecule has 41 heavy (non-hydrogen) atoms. The molecule has 0 unspecified atom stereocenters. The highest BCUT2D eigenvalue weighted by atomic mass is 16.3. The molecule has 4 atom stereocenters. The van der Waals surface area contributed by atoms with Gasteiger partial charge in [-0.2, -0.15) is 0 Å². The van der Waals surface area contributed by atoms with E-state index in [9.17, 15) is 24.3 Å². The number of fused-ring (bicyclic) bond motifs is 4. The van der Waals surface area contributed by atoms with Crippen LogP contribution in [0.1, 0.15) is 35.1 Å². The summed E-state index contributed by atoms with van der Waals surface area (Å²) in [5, 5.41) is 10.1. The molecule has 7 rings (SSSR count). The average Bonchev–Trinajstić information content (AvgIpc) is 3.23. The first-order chi connectivity index (χ1) is 19.8. The Morgan fingerprint density at radius 2 is 1.49 bits per heavy atom. The minimum Gasteiger partial charge on any atom is -0.508 e.